The van der Waals surface area contributed by atoms with Crippen molar-refractivity contribution in [3.05, 3.63) is 59.9 Å². The van der Waals surface area contributed by atoms with Gasteiger partial charge in [0.05, 0.1) is 11.7 Å². The number of carbonyl (C=O) groups is 1. The Hall–Kier alpha value is -2.74. The monoisotopic (exact) mass is 355 g/mol. The third kappa shape index (κ3) is 5.96. The number of carbonyl (C=O) groups excluding carboxylic acids is 1. The van der Waals surface area contributed by atoms with Crippen LogP contribution in [0.1, 0.15) is 39.5 Å². The summed E-state index contributed by atoms with van der Waals surface area (Å²) in [7, 11) is 1.67. The van der Waals surface area contributed by atoms with Crippen molar-refractivity contribution in [2.45, 2.75) is 45.6 Å². The van der Waals surface area contributed by atoms with E-state index < -0.39 is 11.9 Å². The van der Waals surface area contributed by atoms with Crippen molar-refractivity contribution in [3.63, 3.8) is 0 Å². The van der Waals surface area contributed by atoms with E-state index in [-0.39, 0.29) is 18.0 Å². The number of hydrogen-bond donors (Lipinski definition) is 0. The van der Waals surface area contributed by atoms with Crippen LogP contribution in [-0.2, 0) is 4.79 Å². The summed E-state index contributed by atoms with van der Waals surface area (Å²) in [5, 5.41) is 9.42. The van der Waals surface area contributed by atoms with Crippen molar-refractivity contribution in [1.82, 2.24) is 4.90 Å². The molecule has 4 nitrogen and oxygen atoms in total. The molecule has 1 aliphatic heterocycles. The summed E-state index contributed by atoms with van der Waals surface area (Å²) in [6.45, 7) is 7.68. The Balaban J connectivity index is 3.16. The van der Waals surface area contributed by atoms with E-state index >= 15 is 0 Å². The fourth-order valence-corrected chi connectivity index (χ4v) is 2.76. The van der Waals surface area contributed by atoms with Gasteiger partial charge in [-0.3, -0.25) is 4.79 Å². The maximum atomic E-state index is 13.3. The Kier molecular flexibility index (Phi) is 9.00. The quantitative estimate of drug-likeness (QED) is 0.357. The lowest BCUT2D eigenvalue weighted by Crippen LogP contribution is -2.38. The van der Waals surface area contributed by atoms with Gasteiger partial charge in [-0.1, -0.05) is 50.3 Å². The van der Waals surface area contributed by atoms with Crippen LogP contribution in [0.3, 0.4) is 0 Å². The maximum Gasteiger partial charge on any atom is 0.264 e. The molecule has 1 rings (SSSR count). The molecule has 0 N–H and O–H groups in total. The van der Waals surface area contributed by atoms with Gasteiger partial charge in [-0.05, 0) is 31.4 Å². The zero-order chi connectivity index (χ0) is 19.5. The van der Waals surface area contributed by atoms with Crippen LogP contribution in [-0.4, -0.2) is 29.9 Å². The van der Waals surface area contributed by atoms with E-state index in [0.717, 1.165) is 18.4 Å². The van der Waals surface area contributed by atoms with Crippen LogP contribution in [0.4, 0.5) is 4.39 Å². The van der Waals surface area contributed by atoms with Gasteiger partial charge in [0.25, 0.3) is 5.91 Å². The van der Waals surface area contributed by atoms with Gasteiger partial charge in [-0.25, -0.2) is 4.99 Å². The van der Waals surface area contributed by atoms with Crippen molar-refractivity contribution < 1.29 is 9.18 Å². The van der Waals surface area contributed by atoms with E-state index in [1.54, 1.807) is 24.1 Å². The van der Waals surface area contributed by atoms with Crippen molar-refractivity contribution in [1.29, 1.82) is 5.26 Å². The molecule has 0 fully saturated rings. The molecular formula is C21H26FN3O. The van der Waals surface area contributed by atoms with Gasteiger partial charge in [0.2, 0.25) is 0 Å². The largest absolute Gasteiger partial charge is 0.334 e. The number of nitrogens with zero attached hydrogens (tertiary/aromatic N) is 3. The first-order chi connectivity index (χ1) is 12.5. The minimum Gasteiger partial charge on any atom is -0.334 e. The SMILES string of the molecule is C=C/C=C(\C=C/C)C(CCC)N(C)C(=O)/C(C#N)=C/C1=CCCC(F)=N1. The highest BCUT2D eigenvalue weighted by Crippen LogP contribution is 2.20. The zero-order valence-electron chi connectivity index (χ0n) is 15.7. The van der Waals surface area contributed by atoms with Crippen LogP contribution in [0.2, 0.25) is 0 Å². The number of amides is 1. The number of halogens is 1. The molecule has 0 aromatic carbocycles. The van der Waals surface area contributed by atoms with E-state index in [0.29, 0.717) is 12.1 Å². The van der Waals surface area contributed by atoms with Gasteiger partial charge in [-0.15, -0.1) is 0 Å². The Bertz CT molecular complexity index is 720. The van der Waals surface area contributed by atoms with Crippen molar-refractivity contribution in [2.75, 3.05) is 7.05 Å². The Morgan fingerprint density at radius 1 is 1.58 bits per heavy atom. The van der Waals surface area contributed by atoms with E-state index in [4.69, 9.17) is 0 Å². The molecule has 0 radical (unpaired) electrons. The van der Waals surface area contributed by atoms with Gasteiger partial charge in [-0.2, -0.15) is 9.65 Å². The smallest absolute Gasteiger partial charge is 0.264 e. The molecule has 0 saturated heterocycles. The highest BCUT2D eigenvalue weighted by Gasteiger charge is 2.24. The average Bonchev–Trinajstić information content (AvgIpc) is 2.63. The molecule has 0 aromatic rings. The summed E-state index contributed by atoms with van der Waals surface area (Å²) < 4.78 is 13.3. The lowest BCUT2D eigenvalue weighted by Gasteiger charge is -2.29. The van der Waals surface area contributed by atoms with Crippen molar-refractivity contribution in [2.24, 2.45) is 4.99 Å². The summed E-state index contributed by atoms with van der Waals surface area (Å²) in [5.41, 5.74) is 1.20. The molecule has 1 heterocycles. The zero-order valence-corrected chi connectivity index (χ0v) is 15.7. The van der Waals surface area contributed by atoms with Gasteiger partial charge in [0.15, 0.2) is 5.97 Å². The van der Waals surface area contributed by atoms with E-state index in [1.807, 2.05) is 38.1 Å². The molecule has 1 atom stereocenters. The molecule has 138 valence electrons. The van der Waals surface area contributed by atoms with Gasteiger partial charge >= 0.3 is 0 Å². The first-order valence-corrected chi connectivity index (χ1v) is 8.75. The average molecular weight is 355 g/mol. The molecular weight excluding hydrogens is 329 g/mol. The Morgan fingerprint density at radius 2 is 2.31 bits per heavy atom. The predicted molar refractivity (Wildman–Crippen MR) is 104 cm³/mol. The normalized spacial score (nSPS) is 16.6. The molecule has 0 saturated carbocycles. The number of hydrogen-bond acceptors (Lipinski definition) is 3. The highest BCUT2D eigenvalue weighted by molar-refractivity contribution is 5.98. The molecule has 0 spiro atoms. The van der Waals surface area contributed by atoms with Crippen LogP contribution >= 0.6 is 0 Å². The molecule has 0 bridgehead atoms. The van der Waals surface area contributed by atoms with Crippen LogP contribution < -0.4 is 0 Å². The van der Waals surface area contributed by atoms with Crippen LogP contribution in [0.15, 0.2) is 64.9 Å². The van der Waals surface area contributed by atoms with Crippen molar-refractivity contribution >= 4 is 11.9 Å². The second-order valence-corrected chi connectivity index (χ2v) is 5.95. The molecule has 1 unspecified atom stereocenters. The number of likely N-dealkylation sites (N-methyl/N-ethyl adjacent to an activating group) is 1. The van der Waals surface area contributed by atoms with E-state index in [9.17, 15) is 14.4 Å². The number of rotatable bonds is 8. The minimum atomic E-state index is -0.481. The molecule has 0 aromatic heterocycles. The molecule has 1 amide bonds. The molecule has 1 aliphatic rings. The van der Waals surface area contributed by atoms with Crippen LogP contribution in [0.25, 0.3) is 0 Å². The first kappa shape index (κ1) is 21.3. The first-order valence-electron chi connectivity index (χ1n) is 8.75. The lowest BCUT2D eigenvalue weighted by molar-refractivity contribution is -0.126. The number of aliphatic imine (C=N–C) groups is 1. The van der Waals surface area contributed by atoms with Crippen LogP contribution in [0, 0.1) is 11.3 Å². The highest BCUT2D eigenvalue weighted by atomic mass is 19.1. The number of allylic oxidation sites excluding steroid dienone is 5. The third-order valence-corrected chi connectivity index (χ3v) is 4.00. The molecule has 5 heteroatoms. The topological polar surface area (TPSA) is 56.5 Å². The lowest BCUT2D eigenvalue weighted by atomic mass is 9.99. The van der Waals surface area contributed by atoms with Gasteiger partial charge < -0.3 is 4.90 Å². The molecule has 0 aliphatic carbocycles. The predicted octanol–water partition coefficient (Wildman–Crippen LogP) is 4.80. The van der Waals surface area contributed by atoms with E-state index in [2.05, 4.69) is 11.6 Å². The second kappa shape index (κ2) is 11.0. The van der Waals surface area contributed by atoms with Crippen LogP contribution in [0.5, 0.6) is 0 Å². The Morgan fingerprint density at radius 3 is 2.85 bits per heavy atom. The summed E-state index contributed by atoms with van der Waals surface area (Å²) in [4.78, 5) is 18.2. The fourth-order valence-electron chi connectivity index (χ4n) is 2.76. The summed E-state index contributed by atoms with van der Waals surface area (Å²) in [6.07, 6.45) is 12.9. The van der Waals surface area contributed by atoms with Crippen molar-refractivity contribution in [3.8, 4) is 6.07 Å². The minimum absolute atomic E-state index is 0.0586. The molecule has 26 heavy (non-hydrogen) atoms. The summed E-state index contributed by atoms with van der Waals surface area (Å²) >= 11 is 0. The summed E-state index contributed by atoms with van der Waals surface area (Å²) in [5.74, 6) is -0.891. The summed E-state index contributed by atoms with van der Waals surface area (Å²) in [6, 6.07) is 1.74. The maximum absolute atomic E-state index is 13.3. The second-order valence-electron chi connectivity index (χ2n) is 5.95. The standard InChI is InChI=1S/C21H26FN3O/c1-5-9-16(10-6-2)19(11-7-3)25(4)21(26)17(15-23)14-18-12-8-13-20(22)24-18/h5-6,9-10,12,14,19H,1,7-8,11,13H2,2-4H3/b10-6-,16-9+,17-14+. The fraction of sp³-hybridized carbons (Fsp3) is 0.381. The third-order valence-electron chi connectivity index (χ3n) is 4.00. The van der Waals surface area contributed by atoms with Gasteiger partial charge in [0, 0.05) is 13.5 Å². The van der Waals surface area contributed by atoms with Gasteiger partial charge in [0.1, 0.15) is 11.6 Å². The van der Waals surface area contributed by atoms with E-state index in [1.165, 1.54) is 6.08 Å². The Labute approximate surface area is 155 Å². The number of nitriles is 1.